The first-order valence-corrected chi connectivity index (χ1v) is 12.0. The number of anilines is 1. The zero-order chi connectivity index (χ0) is 19.9. The van der Waals surface area contributed by atoms with Gasteiger partial charge in [-0.3, -0.25) is 4.90 Å². The Morgan fingerprint density at radius 3 is 2.50 bits per heavy atom. The van der Waals surface area contributed by atoms with Gasteiger partial charge in [-0.1, -0.05) is 25.0 Å². The normalized spacial score (nSPS) is 17.7. The molecule has 8 heteroatoms. The van der Waals surface area contributed by atoms with Crippen molar-refractivity contribution in [2.45, 2.75) is 42.5 Å². The van der Waals surface area contributed by atoms with Crippen LogP contribution in [0.4, 0.5) is 10.5 Å². The molecule has 0 unspecified atom stereocenters. The molecule has 1 aliphatic carbocycles. The van der Waals surface area contributed by atoms with Crippen LogP contribution < -0.4 is 10.2 Å². The average molecular weight is 464 g/mol. The molecule has 4 rings (SSSR count). The highest BCUT2D eigenvalue weighted by atomic mass is 79.9. The Labute approximate surface area is 173 Å². The quantitative estimate of drug-likeness (QED) is 0.702. The number of urea groups is 1. The van der Waals surface area contributed by atoms with Crippen molar-refractivity contribution in [2.24, 2.45) is 0 Å². The first-order chi connectivity index (χ1) is 13.3. The van der Waals surface area contributed by atoms with Gasteiger partial charge in [0.1, 0.15) is 4.60 Å². The molecule has 2 aliphatic rings. The summed E-state index contributed by atoms with van der Waals surface area (Å²) in [5.74, 6) is 0. The molecule has 0 atom stereocenters. The number of amides is 2. The van der Waals surface area contributed by atoms with E-state index in [9.17, 15) is 13.2 Å². The van der Waals surface area contributed by atoms with Crippen molar-refractivity contribution in [3.63, 3.8) is 0 Å². The van der Waals surface area contributed by atoms with Crippen LogP contribution in [0.2, 0.25) is 0 Å². The summed E-state index contributed by atoms with van der Waals surface area (Å²) >= 11 is 3.46. The second-order valence-corrected chi connectivity index (χ2v) is 10.5. The van der Waals surface area contributed by atoms with Crippen molar-refractivity contribution in [3.8, 4) is 0 Å². The number of nitrogens with one attached hydrogen (secondary N) is 1. The highest BCUT2D eigenvalue weighted by molar-refractivity contribution is 9.10. The fourth-order valence-corrected chi connectivity index (χ4v) is 5.19. The number of hydrogen-bond donors (Lipinski definition) is 1. The van der Waals surface area contributed by atoms with Gasteiger partial charge in [-0.2, -0.15) is 0 Å². The van der Waals surface area contributed by atoms with E-state index in [1.807, 2.05) is 12.1 Å². The van der Waals surface area contributed by atoms with Gasteiger partial charge in [-0.25, -0.2) is 18.2 Å². The van der Waals surface area contributed by atoms with E-state index in [0.717, 1.165) is 47.2 Å². The summed E-state index contributed by atoms with van der Waals surface area (Å²) in [5.41, 5.74) is 2.72. The maximum atomic E-state index is 12.9. The lowest BCUT2D eigenvalue weighted by Gasteiger charge is -2.24. The maximum absolute atomic E-state index is 12.9. The van der Waals surface area contributed by atoms with Gasteiger partial charge >= 0.3 is 6.03 Å². The molecular weight excluding hydrogens is 442 g/mol. The highest BCUT2D eigenvalue weighted by Crippen LogP contribution is 2.49. The Morgan fingerprint density at radius 1 is 1.18 bits per heavy atom. The topological polar surface area (TPSA) is 79.4 Å². The number of hydrogen-bond acceptors (Lipinski definition) is 4. The van der Waals surface area contributed by atoms with Crippen LogP contribution in [0.25, 0.3) is 0 Å². The summed E-state index contributed by atoms with van der Waals surface area (Å²) in [4.78, 5) is 19.7. The van der Waals surface area contributed by atoms with Gasteiger partial charge in [0, 0.05) is 24.8 Å². The van der Waals surface area contributed by atoms with Crippen molar-refractivity contribution in [3.05, 3.63) is 52.3 Å². The monoisotopic (exact) mass is 463 g/mol. The van der Waals surface area contributed by atoms with E-state index in [0.29, 0.717) is 13.1 Å². The molecule has 1 N–H and O–H groups in total. The highest BCUT2D eigenvalue weighted by Gasteiger charge is 2.47. The molecule has 28 heavy (non-hydrogen) atoms. The van der Waals surface area contributed by atoms with Crippen molar-refractivity contribution in [2.75, 3.05) is 17.7 Å². The van der Waals surface area contributed by atoms with Crippen LogP contribution in [0.1, 0.15) is 36.9 Å². The van der Waals surface area contributed by atoms with E-state index in [-0.39, 0.29) is 16.3 Å². The Balaban J connectivity index is 1.50. The minimum atomic E-state index is -3.22. The molecule has 1 aliphatic heterocycles. The standard InChI is InChI=1S/C20H22BrN3O3S/c1-28(26,27)15-6-4-14(5-7-15)12-22-19(25)24-13-20(10-2-3-11-20)18-16(24)8-9-17(21)23-18/h4-9H,2-3,10-13H2,1H3,(H,22,25). The molecule has 1 aromatic carbocycles. The number of nitrogens with zero attached hydrogens (tertiary/aromatic N) is 2. The molecule has 148 valence electrons. The number of fused-ring (bicyclic) bond motifs is 2. The number of sulfone groups is 1. The van der Waals surface area contributed by atoms with E-state index in [1.54, 1.807) is 29.2 Å². The van der Waals surface area contributed by atoms with Gasteiger partial charge in [0.05, 0.1) is 16.3 Å². The predicted molar refractivity (Wildman–Crippen MR) is 111 cm³/mol. The lowest BCUT2D eigenvalue weighted by atomic mass is 9.84. The molecule has 2 amide bonds. The molecule has 2 aromatic rings. The molecule has 2 heterocycles. The second kappa shape index (κ2) is 7.15. The zero-order valence-corrected chi connectivity index (χ0v) is 18.0. The summed E-state index contributed by atoms with van der Waals surface area (Å²) in [6.07, 6.45) is 5.62. The number of aromatic nitrogens is 1. The third-order valence-corrected chi connectivity index (χ3v) is 7.27. The number of pyridine rings is 1. The SMILES string of the molecule is CS(=O)(=O)c1ccc(CNC(=O)N2CC3(CCCC3)c3nc(Br)ccc32)cc1. The minimum absolute atomic E-state index is 0.0341. The Bertz CT molecular complexity index is 1020. The Morgan fingerprint density at radius 2 is 1.86 bits per heavy atom. The van der Waals surface area contributed by atoms with E-state index in [2.05, 4.69) is 21.2 Å². The maximum Gasteiger partial charge on any atom is 0.322 e. The Hall–Kier alpha value is -1.93. The van der Waals surface area contributed by atoms with Crippen molar-refractivity contribution in [1.82, 2.24) is 10.3 Å². The third-order valence-electron chi connectivity index (χ3n) is 5.69. The molecule has 1 aromatic heterocycles. The largest absolute Gasteiger partial charge is 0.334 e. The van der Waals surface area contributed by atoms with E-state index in [1.165, 1.54) is 6.26 Å². The van der Waals surface area contributed by atoms with Gasteiger partial charge in [-0.05, 0) is 58.6 Å². The third kappa shape index (κ3) is 3.55. The van der Waals surface area contributed by atoms with Gasteiger partial charge in [-0.15, -0.1) is 0 Å². The number of rotatable bonds is 3. The molecule has 1 saturated carbocycles. The smallest absolute Gasteiger partial charge is 0.322 e. The van der Waals surface area contributed by atoms with Crippen LogP contribution in [0, 0.1) is 0 Å². The summed E-state index contributed by atoms with van der Waals surface area (Å²) in [7, 11) is -3.22. The van der Waals surface area contributed by atoms with Crippen molar-refractivity contribution >= 4 is 37.5 Å². The molecule has 0 bridgehead atoms. The van der Waals surface area contributed by atoms with E-state index in [4.69, 9.17) is 4.98 Å². The van der Waals surface area contributed by atoms with Crippen LogP contribution in [0.15, 0.2) is 45.9 Å². The Kier molecular flexibility index (Phi) is 4.95. The number of carbonyl (C=O) groups is 1. The summed E-state index contributed by atoms with van der Waals surface area (Å²) in [6.45, 7) is 0.996. The van der Waals surface area contributed by atoms with Crippen molar-refractivity contribution < 1.29 is 13.2 Å². The van der Waals surface area contributed by atoms with Gasteiger partial charge in [0.2, 0.25) is 0 Å². The number of carbonyl (C=O) groups excluding carboxylic acids is 1. The first-order valence-electron chi connectivity index (χ1n) is 9.30. The van der Waals surface area contributed by atoms with Crippen LogP contribution in [-0.4, -0.2) is 32.2 Å². The summed E-state index contributed by atoms with van der Waals surface area (Å²) in [5, 5.41) is 2.96. The van der Waals surface area contributed by atoms with Gasteiger partial charge in [0.25, 0.3) is 0 Å². The zero-order valence-electron chi connectivity index (χ0n) is 15.6. The number of halogens is 1. The molecule has 0 saturated heterocycles. The van der Waals surface area contributed by atoms with Gasteiger partial charge in [0.15, 0.2) is 9.84 Å². The van der Waals surface area contributed by atoms with E-state index >= 15 is 0 Å². The van der Waals surface area contributed by atoms with Crippen LogP contribution in [0.3, 0.4) is 0 Å². The van der Waals surface area contributed by atoms with Crippen LogP contribution in [0.5, 0.6) is 0 Å². The molecule has 1 spiro atoms. The fraction of sp³-hybridized carbons (Fsp3) is 0.400. The van der Waals surface area contributed by atoms with E-state index < -0.39 is 9.84 Å². The summed E-state index contributed by atoms with van der Waals surface area (Å²) in [6, 6.07) is 10.3. The minimum Gasteiger partial charge on any atom is -0.334 e. The average Bonchev–Trinajstić information content (AvgIpc) is 3.25. The van der Waals surface area contributed by atoms with Gasteiger partial charge < -0.3 is 5.32 Å². The van der Waals surface area contributed by atoms with Crippen molar-refractivity contribution in [1.29, 1.82) is 0 Å². The summed E-state index contributed by atoms with van der Waals surface area (Å²) < 4.78 is 23.9. The first kappa shape index (κ1) is 19.4. The molecular formula is C20H22BrN3O3S. The molecule has 1 fully saturated rings. The molecule has 6 nitrogen and oxygen atoms in total. The predicted octanol–water partition coefficient (Wildman–Crippen LogP) is 3.79. The fourth-order valence-electron chi connectivity index (χ4n) is 4.25. The molecule has 0 radical (unpaired) electrons. The lowest BCUT2D eigenvalue weighted by Crippen LogP contribution is -2.41. The second-order valence-electron chi connectivity index (χ2n) is 7.65. The number of benzene rings is 1. The lowest BCUT2D eigenvalue weighted by molar-refractivity contribution is 0.245. The van der Waals surface area contributed by atoms with Crippen LogP contribution in [-0.2, 0) is 21.8 Å². The van der Waals surface area contributed by atoms with Crippen LogP contribution >= 0.6 is 15.9 Å².